The SMILES string of the molecule is C=C(C)C(=O)OCCC(F)(F)C(F)(F)C(F)(F)C(F)(F)CCSc1ccc2cc(-c3ccc(CCCCC)cc3C)oc2c1. The van der Waals surface area contributed by atoms with Crippen molar-refractivity contribution in [1.82, 2.24) is 0 Å². The van der Waals surface area contributed by atoms with Crippen LogP contribution in [-0.4, -0.2) is 42.0 Å². The molecule has 0 radical (unpaired) electrons. The van der Waals surface area contributed by atoms with E-state index in [1.54, 1.807) is 12.1 Å². The number of thioether (sulfide) groups is 1. The summed E-state index contributed by atoms with van der Waals surface area (Å²) < 4.78 is 124. The lowest BCUT2D eigenvalue weighted by Gasteiger charge is -2.36. The summed E-state index contributed by atoms with van der Waals surface area (Å²) in [6.45, 7) is 6.99. The van der Waals surface area contributed by atoms with Gasteiger partial charge in [-0.25, -0.2) is 4.79 Å². The number of alkyl halides is 8. The van der Waals surface area contributed by atoms with E-state index in [0.717, 1.165) is 43.7 Å². The third-order valence-electron chi connectivity index (χ3n) is 7.11. The summed E-state index contributed by atoms with van der Waals surface area (Å²) in [6.07, 6.45) is 0.419. The summed E-state index contributed by atoms with van der Waals surface area (Å²) >= 11 is 0.664. The monoisotopic (exact) mass is 650 g/mol. The van der Waals surface area contributed by atoms with Crippen LogP contribution in [0.4, 0.5) is 35.1 Å². The first-order valence-electron chi connectivity index (χ1n) is 14.0. The smallest absolute Gasteiger partial charge is 0.378 e. The zero-order valence-corrected chi connectivity index (χ0v) is 25.4. The van der Waals surface area contributed by atoms with E-state index in [-0.39, 0.29) is 5.57 Å². The van der Waals surface area contributed by atoms with E-state index >= 15 is 0 Å². The number of fused-ring (bicyclic) bond motifs is 1. The van der Waals surface area contributed by atoms with Crippen LogP contribution in [0.3, 0.4) is 0 Å². The molecule has 0 aliphatic rings. The number of rotatable bonds is 16. The van der Waals surface area contributed by atoms with Gasteiger partial charge in [-0.05, 0) is 62.1 Å². The number of carbonyl (C=O) groups is 1. The number of ether oxygens (including phenoxy) is 1. The van der Waals surface area contributed by atoms with Gasteiger partial charge in [0.05, 0.1) is 13.0 Å². The molecule has 2 aromatic carbocycles. The van der Waals surface area contributed by atoms with Crippen LogP contribution in [0.5, 0.6) is 0 Å². The molecule has 3 aromatic rings. The predicted octanol–water partition coefficient (Wildman–Crippen LogP) is 10.7. The lowest BCUT2D eigenvalue weighted by molar-refractivity contribution is -0.367. The highest BCUT2D eigenvalue weighted by molar-refractivity contribution is 7.99. The van der Waals surface area contributed by atoms with Crippen molar-refractivity contribution >= 4 is 28.7 Å². The molecule has 1 heterocycles. The quantitative estimate of drug-likeness (QED) is 0.0509. The van der Waals surface area contributed by atoms with Crippen molar-refractivity contribution < 1.29 is 49.1 Å². The number of carbonyl (C=O) groups excluding carboxylic acids is 1. The molecule has 12 heteroatoms. The number of hydrogen-bond donors (Lipinski definition) is 0. The number of hydrogen-bond acceptors (Lipinski definition) is 4. The van der Waals surface area contributed by atoms with Crippen LogP contribution in [0.15, 0.2) is 63.9 Å². The summed E-state index contributed by atoms with van der Waals surface area (Å²) in [4.78, 5) is 11.6. The molecule has 44 heavy (non-hydrogen) atoms. The Morgan fingerprint density at radius 3 is 2.18 bits per heavy atom. The Kier molecular flexibility index (Phi) is 11.2. The fourth-order valence-corrected chi connectivity index (χ4v) is 5.39. The van der Waals surface area contributed by atoms with Crippen molar-refractivity contribution in [1.29, 1.82) is 0 Å². The molecule has 0 aliphatic heterocycles. The first-order valence-corrected chi connectivity index (χ1v) is 15.0. The maximum Gasteiger partial charge on any atom is 0.378 e. The average molecular weight is 651 g/mol. The van der Waals surface area contributed by atoms with Crippen molar-refractivity contribution in [2.24, 2.45) is 0 Å². The number of furan rings is 1. The highest BCUT2D eigenvalue weighted by Gasteiger charge is 2.79. The predicted molar refractivity (Wildman–Crippen MR) is 155 cm³/mol. The van der Waals surface area contributed by atoms with Gasteiger partial charge in [0.1, 0.15) is 11.3 Å². The molecule has 0 atom stereocenters. The van der Waals surface area contributed by atoms with Gasteiger partial charge in [0.15, 0.2) is 0 Å². The van der Waals surface area contributed by atoms with E-state index in [9.17, 15) is 39.9 Å². The maximum atomic E-state index is 14.4. The van der Waals surface area contributed by atoms with Crippen molar-refractivity contribution in [3.05, 3.63) is 65.7 Å². The highest BCUT2D eigenvalue weighted by Crippen LogP contribution is 2.54. The molecular weight excluding hydrogens is 616 g/mol. The zero-order valence-electron chi connectivity index (χ0n) is 24.6. The van der Waals surface area contributed by atoms with E-state index in [2.05, 4.69) is 24.3 Å². The maximum absolute atomic E-state index is 14.4. The average Bonchev–Trinajstić information content (AvgIpc) is 3.35. The highest BCUT2D eigenvalue weighted by atomic mass is 32.2. The summed E-state index contributed by atoms with van der Waals surface area (Å²) in [5, 5.41) is 0.698. The molecule has 242 valence electrons. The normalized spacial score (nSPS) is 13.0. The van der Waals surface area contributed by atoms with Crippen molar-refractivity contribution in [3.8, 4) is 11.3 Å². The van der Waals surface area contributed by atoms with Gasteiger partial charge in [-0.3, -0.25) is 0 Å². The topological polar surface area (TPSA) is 39.4 Å². The lowest BCUT2D eigenvalue weighted by Crippen LogP contribution is -2.62. The van der Waals surface area contributed by atoms with Gasteiger partial charge in [-0.2, -0.15) is 35.1 Å². The molecule has 3 rings (SSSR count). The van der Waals surface area contributed by atoms with Gasteiger partial charge in [0.2, 0.25) is 0 Å². The van der Waals surface area contributed by atoms with E-state index in [1.807, 2.05) is 19.1 Å². The molecule has 0 spiro atoms. The van der Waals surface area contributed by atoms with Gasteiger partial charge in [-0.15, -0.1) is 11.8 Å². The number of esters is 1. The summed E-state index contributed by atoms with van der Waals surface area (Å²) in [5.41, 5.74) is 3.22. The lowest BCUT2D eigenvalue weighted by atomic mass is 9.95. The molecule has 0 fully saturated rings. The molecule has 0 N–H and O–H groups in total. The molecule has 0 aliphatic carbocycles. The van der Waals surface area contributed by atoms with Crippen LogP contribution in [0.25, 0.3) is 22.3 Å². The van der Waals surface area contributed by atoms with E-state index in [0.29, 0.717) is 33.4 Å². The first kappa shape index (κ1) is 35.5. The molecule has 0 bridgehead atoms. The number of aryl methyl sites for hydroxylation is 2. The third-order valence-corrected chi connectivity index (χ3v) is 8.11. The van der Waals surface area contributed by atoms with Gasteiger partial charge < -0.3 is 9.15 Å². The van der Waals surface area contributed by atoms with Crippen LogP contribution in [0.1, 0.15) is 57.1 Å². The number of unbranched alkanes of at least 4 members (excludes halogenated alkanes) is 2. The van der Waals surface area contributed by atoms with Crippen molar-refractivity contribution in [3.63, 3.8) is 0 Å². The zero-order chi connectivity index (χ0) is 32.9. The fraction of sp³-hybridized carbons (Fsp3) is 0.469. The Balaban J connectivity index is 1.66. The van der Waals surface area contributed by atoms with Crippen molar-refractivity contribution in [2.75, 3.05) is 12.4 Å². The molecular formula is C32H34F8O3S. The second-order valence-corrected chi connectivity index (χ2v) is 11.9. The van der Waals surface area contributed by atoms with Crippen LogP contribution in [0, 0.1) is 6.92 Å². The Morgan fingerprint density at radius 1 is 0.909 bits per heavy atom. The second kappa shape index (κ2) is 14.0. The van der Waals surface area contributed by atoms with Crippen LogP contribution >= 0.6 is 11.8 Å². The van der Waals surface area contributed by atoms with Crippen LogP contribution in [0.2, 0.25) is 0 Å². The van der Waals surface area contributed by atoms with Crippen LogP contribution < -0.4 is 0 Å². The van der Waals surface area contributed by atoms with E-state index in [4.69, 9.17) is 4.42 Å². The second-order valence-electron chi connectivity index (χ2n) is 10.7. The largest absolute Gasteiger partial charge is 0.462 e. The summed E-state index contributed by atoms with van der Waals surface area (Å²) in [7, 11) is 0. The molecule has 0 saturated carbocycles. The minimum atomic E-state index is -6.43. The summed E-state index contributed by atoms with van der Waals surface area (Å²) in [6, 6.07) is 12.6. The Bertz CT molecular complexity index is 1460. The van der Waals surface area contributed by atoms with Gasteiger partial charge in [0, 0.05) is 33.6 Å². The molecule has 0 amide bonds. The van der Waals surface area contributed by atoms with E-state index < -0.39 is 54.9 Å². The number of benzene rings is 2. The number of halogens is 8. The molecule has 0 unspecified atom stereocenters. The van der Waals surface area contributed by atoms with Crippen molar-refractivity contribution in [2.45, 2.75) is 87.9 Å². The van der Waals surface area contributed by atoms with Gasteiger partial charge in [-0.1, -0.05) is 44.5 Å². The first-order chi connectivity index (χ1) is 20.4. The fourth-order valence-electron chi connectivity index (χ4n) is 4.44. The van der Waals surface area contributed by atoms with Gasteiger partial charge in [0.25, 0.3) is 0 Å². The van der Waals surface area contributed by atoms with Crippen LogP contribution in [-0.2, 0) is 16.0 Å². The molecule has 0 saturated heterocycles. The molecule has 1 aromatic heterocycles. The third kappa shape index (κ3) is 7.79. The Hall–Kier alpha value is -3.02. The Morgan fingerprint density at radius 2 is 1.57 bits per heavy atom. The standard InChI is InChI=1S/C32H34F8O3S/c1-5-6-7-8-22-9-12-25(21(4)17-22)27-18-23-10-11-24(19-26(23)43-27)44-16-14-30(35,36)32(39,40)31(37,38)29(33,34)13-15-42-28(41)20(2)3/h9-12,17-19H,2,5-8,13-16H2,1,3-4H3. The molecule has 3 nitrogen and oxygen atoms in total. The van der Waals surface area contributed by atoms with Gasteiger partial charge >= 0.3 is 29.7 Å². The summed E-state index contributed by atoms with van der Waals surface area (Å²) in [5.74, 6) is -25.3. The minimum absolute atomic E-state index is 0.251. The Labute approximate surface area is 255 Å². The minimum Gasteiger partial charge on any atom is -0.462 e. The van der Waals surface area contributed by atoms with E-state index in [1.165, 1.54) is 17.7 Å².